The fraction of sp³-hybridized carbons (Fsp3) is 0.200. The quantitative estimate of drug-likeness (QED) is 0.442. The average Bonchev–Trinajstić information content (AvgIpc) is 2.79. The van der Waals surface area contributed by atoms with Crippen molar-refractivity contribution in [3.63, 3.8) is 0 Å². The number of benzene rings is 2. The van der Waals surface area contributed by atoms with E-state index in [4.69, 9.17) is 11.6 Å². The first-order chi connectivity index (χ1) is 15.3. The number of amides is 3. The number of hydrogen-bond acceptors (Lipinski definition) is 7. The zero-order valence-electron chi connectivity index (χ0n) is 17.4. The van der Waals surface area contributed by atoms with Crippen molar-refractivity contribution in [3.8, 4) is 0 Å². The number of guanidine groups is 1. The lowest BCUT2D eigenvalue weighted by atomic mass is 10.2. The van der Waals surface area contributed by atoms with Gasteiger partial charge in [-0.2, -0.15) is 0 Å². The van der Waals surface area contributed by atoms with Crippen molar-refractivity contribution >= 4 is 57.8 Å². The minimum Gasteiger partial charge on any atom is -0.453 e. The zero-order valence-corrected chi connectivity index (χ0v) is 19.0. The molecule has 1 atom stereocenters. The maximum atomic E-state index is 13.0. The van der Waals surface area contributed by atoms with E-state index in [1.54, 1.807) is 31.2 Å². The van der Waals surface area contributed by atoms with Crippen LogP contribution in [0.25, 0.3) is 0 Å². The van der Waals surface area contributed by atoms with Gasteiger partial charge in [0.05, 0.1) is 46.3 Å². The molecule has 0 fully saturated rings. The van der Waals surface area contributed by atoms with E-state index in [0.29, 0.717) is 14.8 Å². The van der Waals surface area contributed by atoms with E-state index in [9.17, 15) is 18.6 Å². The van der Waals surface area contributed by atoms with Gasteiger partial charge in [-0.25, -0.2) is 18.8 Å². The highest BCUT2D eigenvalue weighted by atomic mass is 35.5. The molecule has 0 saturated heterocycles. The summed E-state index contributed by atoms with van der Waals surface area (Å²) in [6.07, 6.45) is -1.61. The molecule has 0 bridgehead atoms. The number of methoxy groups -OCH3 is 2. The number of halogens is 1. The molecular weight excluding hydrogens is 460 g/mol. The largest absolute Gasteiger partial charge is 0.453 e. The number of alkyl carbamates (subject to hydrolysis) is 2. The number of aliphatic imine (C=N–C) groups is 1. The molecule has 0 spiro atoms. The van der Waals surface area contributed by atoms with Gasteiger partial charge in [-0.1, -0.05) is 30.7 Å². The van der Waals surface area contributed by atoms with Crippen molar-refractivity contribution in [2.24, 2.45) is 4.99 Å². The first kappa shape index (κ1) is 24.8. The van der Waals surface area contributed by atoms with Gasteiger partial charge >= 0.3 is 12.2 Å². The second-order valence-corrected chi connectivity index (χ2v) is 7.83. The lowest BCUT2D eigenvalue weighted by molar-refractivity contribution is -0.115. The Morgan fingerprint density at radius 1 is 1.03 bits per heavy atom. The Morgan fingerprint density at radius 2 is 1.66 bits per heavy atom. The van der Waals surface area contributed by atoms with Gasteiger partial charge in [-0.15, -0.1) is 0 Å². The maximum Gasteiger partial charge on any atom is 0.413 e. The van der Waals surface area contributed by atoms with Crippen LogP contribution in [0, 0.1) is 0 Å². The van der Waals surface area contributed by atoms with E-state index in [1.807, 2.05) is 0 Å². The van der Waals surface area contributed by atoms with Crippen LogP contribution in [0.3, 0.4) is 0 Å². The number of ether oxygens (including phenoxy) is 2. The van der Waals surface area contributed by atoms with E-state index in [-0.39, 0.29) is 29.7 Å². The van der Waals surface area contributed by atoms with Gasteiger partial charge in [0, 0.05) is 11.3 Å². The predicted molar refractivity (Wildman–Crippen MR) is 120 cm³/mol. The molecule has 10 nitrogen and oxygen atoms in total. The first-order valence-electron chi connectivity index (χ1n) is 9.17. The third-order valence-corrected chi connectivity index (χ3v) is 5.74. The van der Waals surface area contributed by atoms with Crippen LogP contribution in [0.5, 0.6) is 0 Å². The smallest absolute Gasteiger partial charge is 0.413 e. The zero-order chi connectivity index (χ0) is 23.7. The molecule has 0 aromatic heterocycles. The Morgan fingerprint density at radius 3 is 2.22 bits per heavy atom. The summed E-state index contributed by atoms with van der Waals surface area (Å²) in [5.74, 6) is -0.638. The maximum absolute atomic E-state index is 13.0. The first-order valence-corrected chi connectivity index (χ1v) is 10.7. The SMILES string of the molecule is CCC(=O)Nc1cc(S(=O)c2ccccc2Cl)ccc1N=C(NC(=O)OC)NC(=O)OC. The third-order valence-electron chi connectivity index (χ3n) is 3.86. The molecule has 12 heteroatoms. The molecule has 0 aliphatic rings. The number of carbonyl (C=O) groups is 3. The summed E-state index contributed by atoms with van der Waals surface area (Å²) in [7, 11) is 0.633. The topological polar surface area (TPSA) is 135 Å². The average molecular weight is 481 g/mol. The van der Waals surface area contributed by atoms with Crippen LogP contribution in [0.4, 0.5) is 21.0 Å². The fourth-order valence-electron chi connectivity index (χ4n) is 2.29. The van der Waals surface area contributed by atoms with Crippen LogP contribution in [-0.2, 0) is 25.1 Å². The lowest BCUT2D eigenvalue weighted by Gasteiger charge is -2.13. The Kier molecular flexibility index (Phi) is 9.17. The number of hydrogen-bond donors (Lipinski definition) is 3. The van der Waals surface area contributed by atoms with Gasteiger partial charge in [-0.3, -0.25) is 15.4 Å². The summed E-state index contributed by atoms with van der Waals surface area (Å²) in [4.78, 5) is 40.1. The Bertz CT molecular complexity index is 1060. The number of nitrogens with one attached hydrogen (secondary N) is 3. The number of rotatable bonds is 5. The van der Waals surface area contributed by atoms with E-state index < -0.39 is 23.0 Å². The molecule has 2 aromatic carbocycles. The van der Waals surface area contributed by atoms with Crippen molar-refractivity contribution in [1.29, 1.82) is 0 Å². The van der Waals surface area contributed by atoms with Crippen LogP contribution >= 0.6 is 11.6 Å². The number of carbonyl (C=O) groups excluding carboxylic acids is 3. The molecule has 1 unspecified atom stereocenters. The van der Waals surface area contributed by atoms with Crippen LogP contribution in [-0.4, -0.2) is 42.5 Å². The van der Waals surface area contributed by atoms with Gasteiger partial charge in [-0.05, 0) is 30.3 Å². The summed E-state index contributed by atoms with van der Waals surface area (Å²) < 4.78 is 22.0. The minimum absolute atomic E-state index is 0.162. The third kappa shape index (κ3) is 6.79. The summed E-state index contributed by atoms with van der Waals surface area (Å²) >= 11 is 6.15. The molecule has 0 saturated carbocycles. The Labute approximate surface area is 191 Å². The molecule has 2 rings (SSSR count). The van der Waals surface area contributed by atoms with Crippen molar-refractivity contribution < 1.29 is 28.1 Å². The molecular formula is C20H21ClN4O6S. The highest BCUT2D eigenvalue weighted by Crippen LogP contribution is 2.31. The molecule has 3 amide bonds. The van der Waals surface area contributed by atoms with E-state index >= 15 is 0 Å². The van der Waals surface area contributed by atoms with Gasteiger partial charge in [0.1, 0.15) is 0 Å². The second-order valence-electron chi connectivity index (χ2n) is 5.97. The highest BCUT2D eigenvalue weighted by Gasteiger charge is 2.16. The van der Waals surface area contributed by atoms with Crippen LogP contribution in [0.2, 0.25) is 5.02 Å². The van der Waals surface area contributed by atoms with Gasteiger partial charge in [0.15, 0.2) is 0 Å². The van der Waals surface area contributed by atoms with Gasteiger partial charge < -0.3 is 14.8 Å². The van der Waals surface area contributed by atoms with Crippen molar-refractivity contribution in [2.75, 3.05) is 19.5 Å². The van der Waals surface area contributed by atoms with Gasteiger partial charge in [0.2, 0.25) is 11.9 Å². The van der Waals surface area contributed by atoms with Crippen LogP contribution < -0.4 is 16.0 Å². The summed E-state index contributed by atoms with van der Waals surface area (Å²) in [6.45, 7) is 1.66. The molecule has 2 aromatic rings. The fourth-order valence-corrected chi connectivity index (χ4v) is 3.76. The summed E-state index contributed by atoms with van der Waals surface area (Å²) in [6, 6.07) is 11.1. The summed E-state index contributed by atoms with van der Waals surface area (Å²) in [5, 5.41) is 7.46. The second kappa shape index (κ2) is 11.8. The monoisotopic (exact) mass is 480 g/mol. The molecule has 32 heavy (non-hydrogen) atoms. The molecule has 0 aliphatic heterocycles. The van der Waals surface area contributed by atoms with E-state index in [1.165, 1.54) is 18.2 Å². The van der Waals surface area contributed by atoms with Crippen LogP contribution in [0.1, 0.15) is 13.3 Å². The van der Waals surface area contributed by atoms with Crippen molar-refractivity contribution in [1.82, 2.24) is 10.6 Å². The molecule has 170 valence electrons. The van der Waals surface area contributed by atoms with Gasteiger partial charge in [0.25, 0.3) is 0 Å². The van der Waals surface area contributed by atoms with E-state index in [2.05, 4.69) is 30.4 Å². The number of nitrogens with zero attached hydrogens (tertiary/aromatic N) is 1. The normalized spacial score (nSPS) is 11.0. The van der Waals surface area contributed by atoms with Crippen LogP contribution in [0.15, 0.2) is 57.2 Å². The molecule has 0 aliphatic carbocycles. The number of anilines is 1. The van der Waals surface area contributed by atoms with Crippen molar-refractivity contribution in [3.05, 3.63) is 47.5 Å². The molecule has 3 N–H and O–H groups in total. The Balaban J connectivity index is 2.52. The molecule has 0 heterocycles. The standard InChI is InChI=1S/C20H21ClN4O6S/c1-4-17(26)22-15-11-12(32(29)16-8-6-5-7-13(16)21)9-10-14(15)23-18(24-19(27)30-2)25-20(28)31-3/h5-11H,4H2,1-3H3,(H,22,26)(H2,23,24,25,27,28). The highest BCUT2D eigenvalue weighted by molar-refractivity contribution is 7.85. The lowest BCUT2D eigenvalue weighted by Crippen LogP contribution is -2.43. The van der Waals surface area contributed by atoms with Crippen molar-refractivity contribution in [2.45, 2.75) is 23.1 Å². The molecule has 0 radical (unpaired) electrons. The summed E-state index contributed by atoms with van der Waals surface area (Å²) in [5.41, 5.74) is 0.361. The Hall–Kier alpha value is -3.44. The minimum atomic E-state index is -1.64. The van der Waals surface area contributed by atoms with E-state index in [0.717, 1.165) is 14.2 Å². The predicted octanol–water partition coefficient (Wildman–Crippen LogP) is 3.55.